The maximum absolute atomic E-state index is 11.3. The lowest BCUT2D eigenvalue weighted by atomic mass is 9.80. The van der Waals surface area contributed by atoms with E-state index in [0.29, 0.717) is 17.9 Å². The lowest BCUT2D eigenvalue weighted by molar-refractivity contribution is -0.148. The van der Waals surface area contributed by atoms with Gasteiger partial charge in [-0.1, -0.05) is 37.1 Å². The van der Waals surface area contributed by atoms with Gasteiger partial charge in [0, 0.05) is 5.02 Å². The van der Waals surface area contributed by atoms with Crippen LogP contribution in [0, 0.1) is 5.41 Å². The third-order valence-electron chi connectivity index (χ3n) is 2.83. The lowest BCUT2D eigenvalue weighted by Gasteiger charge is -2.24. The van der Waals surface area contributed by atoms with Crippen molar-refractivity contribution in [1.29, 1.82) is 0 Å². The minimum atomic E-state index is -0.732. The molecule has 88 valence electrons. The zero-order valence-electron chi connectivity index (χ0n) is 9.66. The highest BCUT2D eigenvalue weighted by atomic mass is 35.5. The van der Waals surface area contributed by atoms with E-state index < -0.39 is 11.4 Å². The van der Waals surface area contributed by atoms with Gasteiger partial charge in [-0.25, -0.2) is 0 Å². The molecule has 0 bridgehead atoms. The molecule has 0 aromatic heterocycles. The summed E-state index contributed by atoms with van der Waals surface area (Å²) in [4.78, 5) is 11.3. The van der Waals surface area contributed by atoms with Crippen molar-refractivity contribution in [3.63, 3.8) is 0 Å². The van der Waals surface area contributed by atoms with E-state index in [1.807, 2.05) is 19.1 Å². The molecule has 0 spiro atoms. The van der Waals surface area contributed by atoms with Gasteiger partial charge < -0.3 is 5.11 Å². The van der Waals surface area contributed by atoms with Crippen molar-refractivity contribution in [1.82, 2.24) is 0 Å². The zero-order valence-corrected chi connectivity index (χ0v) is 10.4. The fraction of sp³-hybridized carbons (Fsp3) is 0.462. The highest BCUT2D eigenvalue weighted by Gasteiger charge is 2.32. The lowest BCUT2D eigenvalue weighted by Crippen LogP contribution is -2.29. The number of carbonyl (C=O) groups is 1. The van der Waals surface area contributed by atoms with E-state index in [0.717, 1.165) is 12.0 Å². The summed E-state index contributed by atoms with van der Waals surface area (Å²) in [6.45, 7) is 3.80. The molecule has 1 rings (SSSR count). The Bertz CT molecular complexity index is 359. The average Bonchev–Trinajstić information content (AvgIpc) is 2.22. The van der Waals surface area contributed by atoms with Crippen molar-refractivity contribution in [2.45, 2.75) is 33.1 Å². The van der Waals surface area contributed by atoms with Gasteiger partial charge in [0.05, 0.1) is 5.41 Å². The van der Waals surface area contributed by atoms with Gasteiger partial charge in [0.2, 0.25) is 0 Å². The van der Waals surface area contributed by atoms with Crippen molar-refractivity contribution >= 4 is 17.6 Å². The Labute approximate surface area is 101 Å². The van der Waals surface area contributed by atoms with Crippen molar-refractivity contribution in [2.75, 3.05) is 0 Å². The third kappa shape index (κ3) is 3.24. The summed E-state index contributed by atoms with van der Waals surface area (Å²) in [5.74, 6) is -0.732. The number of rotatable bonds is 5. The van der Waals surface area contributed by atoms with E-state index >= 15 is 0 Å². The Morgan fingerprint density at radius 2 is 1.94 bits per heavy atom. The standard InChI is InChI=1S/C13H17ClO2/c1-3-8-13(2,12(15)16)9-10-4-6-11(14)7-5-10/h4-7H,3,8-9H2,1-2H3,(H,15,16). The number of aliphatic carboxylic acids is 1. The quantitative estimate of drug-likeness (QED) is 0.851. The second kappa shape index (κ2) is 5.35. The van der Waals surface area contributed by atoms with Crippen LogP contribution in [0.15, 0.2) is 24.3 Å². The largest absolute Gasteiger partial charge is 0.481 e. The summed E-state index contributed by atoms with van der Waals surface area (Å²) < 4.78 is 0. The zero-order chi connectivity index (χ0) is 12.2. The second-order valence-corrected chi connectivity index (χ2v) is 4.86. The van der Waals surface area contributed by atoms with Crippen molar-refractivity contribution in [3.05, 3.63) is 34.9 Å². The number of carboxylic acid groups (broad SMARTS) is 1. The first kappa shape index (κ1) is 13.0. The molecule has 0 aliphatic heterocycles. The topological polar surface area (TPSA) is 37.3 Å². The van der Waals surface area contributed by atoms with Crippen LogP contribution in [-0.4, -0.2) is 11.1 Å². The van der Waals surface area contributed by atoms with Crippen LogP contribution in [-0.2, 0) is 11.2 Å². The Morgan fingerprint density at radius 1 is 1.38 bits per heavy atom. The number of hydrogen-bond donors (Lipinski definition) is 1. The molecule has 1 aromatic carbocycles. The van der Waals surface area contributed by atoms with E-state index in [9.17, 15) is 9.90 Å². The van der Waals surface area contributed by atoms with Gasteiger partial charge in [0.1, 0.15) is 0 Å². The van der Waals surface area contributed by atoms with Gasteiger partial charge in [0.15, 0.2) is 0 Å². The molecule has 0 heterocycles. The summed E-state index contributed by atoms with van der Waals surface area (Å²) >= 11 is 5.79. The molecule has 3 heteroatoms. The second-order valence-electron chi connectivity index (χ2n) is 4.42. The molecular formula is C13H17ClO2. The van der Waals surface area contributed by atoms with E-state index in [1.54, 1.807) is 19.1 Å². The highest BCUT2D eigenvalue weighted by Crippen LogP contribution is 2.29. The molecule has 1 atom stereocenters. The molecule has 0 fully saturated rings. The van der Waals surface area contributed by atoms with E-state index in [2.05, 4.69) is 0 Å². The van der Waals surface area contributed by atoms with Crippen LogP contribution >= 0.6 is 11.6 Å². The van der Waals surface area contributed by atoms with E-state index in [4.69, 9.17) is 11.6 Å². The third-order valence-corrected chi connectivity index (χ3v) is 3.08. The fourth-order valence-electron chi connectivity index (χ4n) is 1.88. The summed E-state index contributed by atoms with van der Waals surface area (Å²) in [6, 6.07) is 7.37. The minimum absolute atomic E-state index is 0.549. The monoisotopic (exact) mass is 240 g/mol. The predicted molar refractivity (Wildman–Crippen MR) is 65.8 cm³/mol. The highest BCUT2D eigenvalue weighted by molar-refractivity contribution is 6.30. The molecule has 0 saturated carbocycles. The normalized spacial score (nSPS) is 14.4. The predicted octanol–water partition coefficient (Wildman–Crippen LogP) is 3.77. The Balaban J connectivity index is 2.83. The SMILES string of the molecule is CCCC(C)(Cc1ccc(Cl)cc1)C(=O)O. The van der Waals surface area contributed by atoms with Crippen LogP contribution < -0.4 is 0 Å². The smallest absolute Gasteiger partial charge is 0.309 e. The first-order valence-corrected chi connectivity index (χ1v) is 5.83. The molecular weight excluding hydrogens is 224 g/mol. The van der Waals surface area contributed by atoms with E-state index in [-0.39, 0.29) is 0 Å². The van der Waals surface area contributed by atoms with E-state index in [1.165, 1.54) is 0 Å². The Hall–Kier alpha value is -1.02. The maximum atomic E-state index is 11.3. The number of hydrogen-bond acceptors (Lipinski definition) is 1. The Kier molecular flexibility index (Phi) is 4.36. The molecule has 0 aliphatic carbocycles. The van der Waals surface area contributed by atoms with Gasteiger partial charge in [-0.05, 0) is 37.5 Å². The fourth-order valence-corrected chi connectivity index (χ4v) is 2.00. The van der Waals surface area contributed by atoms with Crippen molar-refractivity contribution in [3.8, 4) is 0 Å². The number of halogens is 1. The summed E-state index contributed by atoms with van der Waals surface area (Å²) in [7, 11) is 0. The van der Waals surface area contributed by atoms with Crippen LogP contribution in [0.3, 0.4) is 0 Å². The Morgan fingerprint density at radius 3 is 2.38 bits per heavy atom. The first-order valence-electron chi connectivity index (χ1n) is 5.46. The van der Waals surface area contributed by atoms with Gasteiger partial charge in [-0.2, -0.15) is 0 Å². The molecule has 2 nitrogen and oxygen atoms in total. The summed E-state index contributed by atoms with van der Waals surface area (Å²) in [5, 5.41) is 9.93. The maximum Gasteiger partial charge on any atom is 0.309 e. The van der Waals surface area contributed by atoms with Crippen LogP contribution in [0.25, 0.3) is 0 Å². The van der Waals surface area contributed by atoms with Crippen LogP contribution in [0.5, 0.6) is 0 Å². The van der Waals surface area contributed by atoms with Gasteiger partial charge in [-0.3, -0.25) is 4.79 Å². The molecule has 0 aliphatic rings. The van der Waals surface area contributed by atoms with Crippen molar-refractivity contribution < 1.29 is 9.90 Å². The molecule has 0 saturated heterocycles. The average molecular weight is 241 g/mol. The molecule has 1 aromatic rings. The minimum Gasteiger partial charge on any atom is -0.481 e. The number of carboxylic acids is 1. The van der Waals surface area contributed by atoms with Gasteiger partial charge in [-0.15, -0.1) is 0 Å². The molecule has 1 N–H and O–H groups in total. The van der Waals surface area contributed by atoms with Gasteiger partial charge in [0.25, 0.3) is 0 Å². The molecule has 16 heavy (non-hydrogen) atoms. The first-order chi connectivity index (χ1) is 7.48. The molecule has 1 unspecified atom stereocenters. The van der Waals surface area contributed by atoms with Crippen LogP contribution in [0.1, 0.15) is 32.3 Å². The van der Waals surface area contributed by atoms with Crippen LogP contribution in [0.4, 0.5) is 0 Å². The molecule has 0 radical (unpaired) electrons. The van der Waals surface area contributed by atoms with Crippen molar-refractivity contribution in [2.24, 2.45) is 5.41 Å². The summed E-state index contributed by atoms with van der Waals surface area (Å²) in [6.07, 6.45) is 2.11. The van der Waals surface area contributed by atoms with Crippen LogP contribution in [0.2, 0.25) is 5.02 Å². The van der Waals surface area contributed by atoms with Gasteiger partial charge >= 0.3 is 5.97 Å². The molecule has 0 amide bonds. The number of benzene rings is 1. The summed E-state index contributed by atoms with van der Waals surface area (Å²) in [5.41, 5.74) is 0.338.